The third-order valence-electron chi connectivity index (χ3n) is 6.79. The molecule has 3 aliphatic rings. The van der Waals surface area contributed by atoms with Gasteiger partial charge in [-0.05, 0) is 0 Å². The first-order valence-electron chi connectivity index (χ1n) is 12.5. The average molecular weight is 669 g/mol. The summed E-state index contributed by atoms with van der Waals surface area (Å²) in [5, 5.41) is 0. The van der Waals surface area contributed by atoms with E-state index < -0.39 is 89.3 Å². The van der Waals surface area contributed by atoms with Crippen LogP contribution < -0.4 is 17.0 Å². The molecule has 3 aromatic rings. The standard InChI is InChI=1S/C20H23F2N7O13P2/c1-35-42-44(34)37-5-9-14(12(22)18(39-9)29-7-26-13-16(23)24-6-25-17(13)29)40-43(32,33)36-4-8-11(21)15(41-44)19(38-8)28-3-2-10(30)27-20(28)31/h2-3,6-9,11-12,14-15,18-19H,4-5H2,1H3,(H,32,33)(H2,23,24,25)(H,27,30,31)/t8-,9-,11-,12-,14-,15-,18-,19-,44?/m1/s1. The lowest BCUT2D eigenvalue weighted by Gasteiger charge is -2.26. The van der Waals surface area contributed by atoms with Crippen LogP contribution in [-0.2, 0) is 46.3 Å². The number of nitrogens with one attached hydrogen (secondary N) is 1. The summed E-state index contributed by atoms with van der Waals surface area (Å²) in [4.78, 5) is 52.7. The number of halogens is 2. The number of hydrogen-bond acceptors (Lipinski definition) is 16. The van der Waals surface area contributed by atoms with Gasteiger partial charge in [-0.1, -0.05) is 0 Å². The third kappa shape index (κ3) is 5.74. The summed E-state index contributed by atoms with van der Waals surface area (Å²) in [6.07, 6.45) is -12.0. The van der Waals surface area contributed by atoms with Crippen LogP contribution in [0.2, 0.25) is 0 Å². The van der Waals surface area contributed by atoms with Gasteiger partial charge >= 0.3 is 21.3 Å². The number of imidazole rings is 1. The van der Waals surface area contributed by atoms with Crippen LogP contribution >= 0.6 is 15.6 Å². The van der Waals surface area contributed by atoms with Gasteiger partial charge in [0, 0.05) is 12.3 Å². The number of rotatable bonds is 4. The number of nitrogens with two attached hydrogens (primary N) is 1. The number of hydrogen-bond donors (Lipinski definition) is 3. The number of nitrogens with zero attached hydrogens (tertiary/aromatic N) is 5. The summed E-state index contributed by atoms with van der Waals surface area (Å²) >= 11 is 0. The van der Waals surface area contributed by atoms with E-state index in [0.717, 1.165) is 36.6 Å². The van der Waals surface area contributed by atoms with E-state index in [1.54, 1.807) is 0 Å². The molecule has 6 heterocycles. The molecule has 0 spiro atoms. The summed E-state index contributed by atoms with van der Waals surface area (Å²) in [7, 11) is -9.26. The van der Waals surface area contributed by atoms with E-state index in [1.807, 2.05) is 4.98 Å². The van der Waals surface area contributed by atoms with Crippen LogP contribution in [0.4, 0.5) is 14.6 Å². The van der Waals surface area contributed by atoms with Gasteiger partial charge in [0.1, 0.15) is 36.3 Å². The molecule has 0 saturated carbocycles. The van der Waals surface area contributed by atoms with Crippen molar-refractivity contribution in [3.63, 3.8) is 0 Å². The molecule has 3 aromatic heterocycles. The van der Waals surface area contributed by atoms with E-state index in [4.69, 9.17) is 38.0 Å². The maximum absolute atomic E-state index is 15.9. The molecule has 20 nitrogen and oxygen atoms in total. The van der Waals surface area contributed by atoms with Crippen molar-refractivity contribution in [2.24, 2.45) is 0 Å². The molecule has 6 rings (SSSR count). The van der Waals surface area contributed by atoms with Gasteiger partial charge in [-0.25, -0.2) is 42.5 Å². The summed E-state index contributed by atoms with van der Waals surface area (Å²) in [6, 6.07) is 0.917. The average Bonchev–Trinajstić information content (AvgIpc) is 3.61. The topological polar surface area (TPSA) is 253 Å². The number of H-pyrrole nitrogens is 1. The fraction of sp³-hybridized carbons (Fsp3) is 0.550. The third-order valence-corrected chi connectivity index (χ3v) is 9.07. The molecule has 240 valence electrons. The Kier molecular flexibility index (Phi) is 8.26. The molecule has 44 heavy (non-hydrogen) atoms. The minimum absolute atomic E-state index is 0.0159. The number of alkyl halides is 2. The SMILES string of the molecule is COOP1(=O)OC[C@H]2O[C@@H](n3cnc4c(N)ncnc43)[C@H](F)[C@@H]2OP(=O)(O)OC[C@H]2O[C@@H](n3ccc(=O)[nH]c3=O)[C@H](O1)[C@@H]2F. The van der Waals surface area contributed by atoms with E-state index in [0.29, 0.717) is 4.57 Å². The lowest BCUT2D eigenvalue weighted by atomic mass is 10.1. The van der Waals surface area contributed by atoms with Crippen molar-refractivity contribution in [1.82, 2.24) is 29.1 Å². The molecule has 0 aromatic carbocycles. The van der Waals surface area contributed by atoms with Crippen molar-refractivity contribution in [3.05, 3.63) is 45.8 Å². The van der Waals surface area contributed by atoms with Crippen molar-refractivity contribution in [2.75, 3.05) is 26.1 Å². The molecule has 3 fully saturated rings. The highest BCUT2D eigenvalue weighted by Gasteiger charge is 2.55. The van der Waals surface area contributed by atoms with Crippen LogP contribution in [0.15, 0.2) is 34.5 Å². The van der Waals surface area contributed by atoms with Crippen LogP contribution in [0.1, 0.15) is 12.5 Å². The monoisotopic (exact) mass is 669 g/mol. The second-order valence-electron chi connectivity index (χ2n) is 9.51. The lowest BCUT2D eigenvalue weighted by molar-refractivity contribution is -0.208. The molecule has 10 atom stereocenters. The highest BCUT2D eigenvalue weighted by atomic mass is 31.2. The Hall–Kier alpha value is -3.01. The maximum Gasteiger partial charge on any atom is 0.502 e. The normalized spacial score (nSPS) is 38.1. The number of fused-ring (bicyclic) bond motifs is 4. The first kappa shape index (κ1) is 31.0. The number of phosphoric ester groups is 2. The molecule has 3 aliphatic heterocycles. The molecule has 0 radical (unpaired) electrons. The molecule has 0 amide bonds. The van der Waals surface area contributed by atoms with Crippen molar-refractivity contribution in [1.29, 1.82) is 0 Å². The minimum atomic E-state index is -5.20. The highest BCUT2D eigenvalue weighted by Crippen LogP contribution is 2.56. The quantitative estimate of drug-likeness (QED) is 0.188. The Labute approximate surface area is 243 Å². The van der Waals surface area contributed by atoms with Gasteiger partial charge in [-0.2, -0.15) is 0 Å². The fourth-order valence-corrected chi connectivity index (χ4v) is 6.98. The second-order valence-corrected chi connectivity index (χ2v) is 12.4. The van der Waals surface area contributed by atoms with Gasteiger partial charge in [0.2, 0.25) is 0 Å². The highest BCUT2D eigenvalue weighted by molar-refractivity contribution is 7.48. The zero-order valence-corrected chi connectivity index (χ0v) is 23.9. The Bertz CT molecular complexity index is 1760. The van der Waals surface area contributed by atoms with Crippen LogP contribution in [0.3, 0.4) is 0 Å². The van der Waals surface area contributed by atoms with Gasteiger partial charge in [-0.3, -0.25) is 37.0 Å². The Morgan fingerprint density at radius 1 is 1.02 bits per heavy atom. The number of aromatic amines is 1. The molecule has 3 saturated heterocycles. The number of anilines is 1. The van der Waals surface area contributed by atoms with E-state index in [1.165, 1.54) is 0 Å². The van der Waals surface area contributed by atoms with Gasteiger partial charge in [0.05, 0.1) is 26.7 Å². The maximum atomic E-state index is 15.9. The van der Waals surface area contributed by atoms with Crippen molar-refractivity contribution < 1.29 is 59.9 Å². The zero-order valence-electron chi connectivity index (χ0n) is 22.2. The van der Waals surface area contributed by atoms with Gasteiger partial charge in [0.15, 0.2) is 36.3 Å². The number of aromatic nitrogens is 6. The van der Waals surface area contributed by atoms with Crippen molar-refractivity contribution >= 4 is 32.6 Å². The minimum Gasteiger partial charge on any atom is -0.382 e. The van der Waals surface area contributed by atoms with E-state index >= 15 is 8.78 Å². The molecular weight excluding hydrogens is 646 g/mol. The van der Waals surface area contributed by atoms with E-state index in [9.17, 15) is 23.6 Å². The molecule has 0 aliphatic carbocycles. The van der Waals surface area contributed by atoms with Crippen LogP contribution in [0.5, 0.6) is 0 Å². The molecule has 4 N–H and O–H groups in total. The predicted molar refractivity (Wildman–Crippen MR) is 136 cm³/mol. The second kappa shape index (κ2) is 11.7. The van der Waals surface area contributed by atoms with Crippen LogP contribution in [0, 0.1) is 0 Å². The van der Waals surface area contributed by atoms with Crippen molar-refractivity contribution in [2.45, 2.75) is 49.2 Å². The lowest BCUT2D eigenvalue weighted by Crippen LogP contribution is -2.38. The molecular formula is C20H23F2N7O13P2. The number of nitrogen functional groups attached to an aromatic ring is 1. The molecule has 2 unspecified atom stereocenters. The van der Waals surface area contributed by atoms with Gasteiger partial charge in [-0.15, -0.1) is 4.67 Å². The first-order valence-corrected chi connectivity index (χ1v) is 15.5. The first-order chi connectivity index (χ1) is 20.9. The largest absolute Gasteiger partial charge is 0.502 e. The van der Waals surface area contributed by atoms with Crippen LogP contribution in [-0.4, -0.2) is 91.0 Å². The Morgan fingerprint density at radius 3 is 2.52 bits per heavy atom. The smallest absolute Gasteiger partial charge is 0.382 e. The Morgan fingerprint density at radius 2 is 1.77 bits per heavy atom. The number of ether oxygens (including phenoxy) is 2. The van der Waals surface area contributed by atoms with E-state index in [2.05, 4.69) is 19.8 Å². The zero-order chi connectivity index (χ0) is 31.4. The van der Waals surface area contributed by atoms with Gasteiger partial charge < -0.3 is 20.1 Å². The summed E-state index contributed by atoms with van der Waals surface area (Å²) < 4.78 is 96.5. The van der Waals surface area contributed by atoms with Crippen molar-refractivity contribution in [3.8, 4) is 0 Å². The van der Waals surface area contributed by atoms with Gasteiger partial charge in [0.25, 0.3) is 5.56 Å². The van der Waals surface area contributed by atoms with E-state index in [-0.39, 0.29) is 17.0 Å². The molecule has 24 heteroatoms. The molecule has 2 bridgehead atoms. The van der Waals surface area contributed by atoms with Crippen LogP contribution in [0.25, 0.3) is 11.2 Å². The summed E-state index contributed by atoms with van der Waals surface area (Å²) in [5.41, 5.74) is 4.10. The summed E-state index contributed by atoms with van der Waals surface area (Å²) in [5.74, 6) is -0.0159. The fourth-order valence-electron chi connectivity index (χ4n) is 4.85. The predicted octanol–water partition coefficient (Wildman–Crippen LogP) is 0.0334. The summed E-state index contributed by atoms with van der Waals surface area (Å²) in [6.45, 7) is -1.91. The number of phosphoric acid groups is 2. The Balaban J connectivity index is 1.34.